The van der Waals surface area contributed by atoms with E-state index in [1.165, 1.54) is 5.56 Å². The van der Waals surface area contributed by atoms with Gasteiger partial charge in [0, 0.05) is 50.2 Å². The molecular weight excluding hydrogens is 490 g/mol. The highest BCUT2D eigenvalue weighted by atomic mass is 32.2. The number of hydrogen-bond donors (Lipinski definition) is 1. The number of nitrogens with two attached hydrogens (primary N) is 1. The Hall–Kier alpha value is -3.98. The second-order valence-electron chi connectivity index (χ2n) is 9.26. The molecule has 5 aromatic rings. The molecule has 1 saturated heterocycles. The molecule has 1 fully saturated rings. The van der Waals surface area contributed by atoms with E-state index in [1.807, 2.05) is 47.9 Å². The third-order valence-corrected chi connectivity index (χ3v) is 7.62. The second-order valence-corrected chi connectivity index (χ2v) is 10.3. The molecule has 1 aliphatic rings. The first-order chi connectivity index (χ1) is 18.7. The number of piperazine rings is 1. The Labute approximate surface area is 226 Å². The Morgan fingerprint density at radius 3 is 2.39 bits per heavy atom. The zero-order valence-electron chi connectivity index (χ0n) is 21.1. The van der Waals surface area contributed by atoms with Crippen molar-refractivity contribution in [2.45, 2.75) is 6.54 Å². The van der Waals surface area contributed by atoms with E-state index in [0.717, 1.165) is 72.2 Å². The molecule has 2 aromatic carbocycles. The number of hydrogen-bond acceptors (Lipinski definition) is 7. The average molecular weight is 520 g/mol. The fourth-order valence-corrected chi connectivity index (χ4v) is 5.45. The molecule has 38 heavy (non-hydrogen) atoms. The molecule has 0 bridgehead atoms. The predicted molar refractivity (Wildman–Crippen MR) is 157 cm³/mol. The Morgan fingerprint density at radius 1 is 0.868 bits per heavy atom. The summed E-state index contributed by atoms with van der Waals surface area (Å²) in [5.41, 5.74) is 12.9. The maximum absolute atomic E-state index is 6.30. The van der Waals surface area contributed by atoms with Crippen LogP contribution in [0.3, 0.4) is 0 Å². The van der Waals surface area contributed by atoms with Crippen molar-refractivity contribution in [2.75, 3.05) is 31.9 Å². The number of anilines is 1. The van der Waals surface area contributed by atoms with E-state index in [0.29, 0.717) is 5.82 Å². The summed E-state index contributed by atoms with van der Waals surface area (Å²) >= 11 is 1.70. The summed E-state index contributed by atoms with van der Waals surface area (Å²) in [6, 6.07) is 26.8. The largest absolute Gasteiger partial charge is 0.383 e. The van der Waals surface area contributed by atoms with Gasteiger partial charge in [-0.25, -0.2) is 19.3 Å². The van der Waals surface area contributed by atoms with Crippen LogP contribution in [-0.4, -0.2) is 54.9 Å². The minimum atomic E-state index is 0.442. The smallest absolute Gasteiger partial charge is 0.165 e. The lowest BCUT2D eigenvalue weighted by Crippen LogP contribution is -2.42. The fourth-order valence-electron chi connectivity index (χ4n) is 4.87. The highest BCUT2D eigenvalue weighted by Gasteiger charge is 2.20. The van der Waals surface area contributed by atoms with Gasteiger partial charge in [-0.2, -0.15) is 0 Å². The standard InChI is InChI=1S/C30H29N7S/c1-2-38-36-19-17-35(18-20-36)21-22-10-12-24(13-11-22)37-29(25-9-6-16-32-28(25)31)34-27-15-14-26(33-30(27)37)23-7-4-3-5-8-23/h2-16H,1,17-21H2,(H2,31,32). The van der Waals surface area contributed by atoms with E-state index in [4.69, 9.17) is 15.7 Å². The molecule has 2 N–H and O–H groups in total. The van der Waals surface area contributed by atoms with Gasteiger partial charge in [-0.1, -0.05) is 61.0 Å². The second kappa shape index (κ2) is 10.8. The maximum Gasteiger partial charge on any atom is 0.165 e. The minimum absolute atomic E-state index is 0.442. The number of aromatic nitrogens is 4. The van der Waals surface area contributed by atoms with Crippen molar-refractivity contribution in [3.8, 4) is 28.3 Å². The van der Waals surface area contributed by atoms with Crippen molar-refractivity contribution in [3.05, 3.63) is 103 Å². The number of benzene rings is 2. The molecule has 0 unspecified atom stereocenters. The highest BCUT2D eigenvalue weighted by molar-refractivity contribution is 7.99. The maximum atomic E-state index is 6.30. The third kappa shape index (κ3) is 4.93. The molecule has 6 rings (SSSR count). The van der Waals surface area contributed by atoms with Gasteiger partial charge in [0.2, 0.25) is 0 Å². The number of imidazole rings is 1. The van der Waals surface area contributed by atoms with E-state index < -0.39 is 0 Å². The van der Waals surface area contributed by atoms with Crippen LogP contribution in [0.5, 0.6) is 0 Å². The van der Waals surface area contributed by atoms with Gasteiger partial charge in [-0.3, -0.25) is 9.47 Å². The van der Waals surface area contributed by atoms with Crippen LogP contribution in [0.4, 0.5) is 5.82 Å². The molecule has 0 amide bonds. The monoisotopic (exact) mass is 519 g/mol. The summed E-state index contributed by atoms with van der Waals surface area (Å²) in [6.45, 7) is 8.93. The summed E-state index contributed by atoms with van der Waals surface area (Å²) in [5, 5.41) is 1.90. The van der Waals surface area contributed by atoms with E-state index in [-0.39, 0.29) is 0 Å². The first kappa shape index (κ1) is 24.4. The molecule has 0 saturated carbocycles. The van der Waals surface area contributed by atoms with E-state index in [9.17, 15) is 0 Å². The van der Waals surface area contributed by atoms with Crippen LogP contribution < -0.4 is 5.73 Å². The van der Waals surface area contributed by atoms with Crippen molar-refractivity contribution < 1.29 is 0 Å². The first-order valence-electron chi connectivity index (χ1n) is 12.7. The van der Waals surface area contributed by atoms with Crippen LogP contribution in [0.15, 0.2) is 97.0 Å². The third-order valence-electron chi connectivity index (χ3n) is 6.81. The van der Waals surface area contributed by atoms with Gasteiger partial charge < -0.3 is 5.73 Å². The van der Waals surface area contributed by atoms with Crippen molar-refractivity contribution >= 4 is 28.9 Å². The quantitative estimate of drug-likeness (QED) is 0.279. The average Bonchev–Trinajstić information content (AvgIpc) is 3.34. The van der Waals surface area contributed by atoms with Crippen LogP contribution in [0.1, 0.15) is 5.56 Å². The number of rotatable bonds is 7. The number of nitrogen functional groups attached to an aromatic ring is 1. The lowest BCUT2D eigenvalue weighted by atomic mass is 10.1. The lowest BCUT2D eigenvalue weighted by Gasteiger charge is -2.33. The molecule has 3 aromatic heterocycles. The Balaban J connectivity index is 1.37. The summed E-state index contributed by atoms with van der Waals surface area (Å²) in [6.07, 6.45) is 1.70. The first-order valence-corrected chi connectivity index (χ1v) is 13.5. The Kier molecular flexibility index (Phi) is 6.92. The van der Waals surface area contributed by atoms with E-state index in [2.05, 4.69) is 61.7 Å². The molecule has 0 spiro atoms. The summed E-state index contributed by atoms with van der Waals surface area (Å²) in [4.78, 5) is 16.8. The predicted octanol–water partition coefficient (Wildman–Crippen LogP) is 5.64. The molecule has 0 atom stereocenters. The SMILES string of the molecule is C=CSN1CCN(Cc2ccc(-n3c(-c4cccnc4N)nc4ccc(-c5ccccc5)nc43)cc2)CC1. The molecule has 0 aliphatic carbocycles. The van der Waals surface area contributed by atoms with Gasteiger partial charge in [0.1, 0.15) is 11.3 Å². The van der Waals surface area contributed by atoms with Crippen LogP contribution in [0, 0.1) is 0 Å². The van der Waals surface area contributed by atoms with Crippen molar-refractivity contribution in [2.24, 2.45) is 0 Å². The number of pyridine rings is 2. The molecule has 190 valence electrons. The lowest BCUT2D eigenvalue weighted by molar-refractivity contribution is 0.190. The van der Waals surface area contributed by atoms with Crippen LogP contribution in [0.25, 0.3) is 39.5 Å². The van der Waals surface area contributed by atoms with Crippen LogP contribution in [-0.2, 0) is 6.54 Å². The van der Waals surface area contributed by atoms with Crippen molar-refractivity contribution in [1.82, 2.24) is 28.7 Å². The van der Waals surface area contributed by atoms with Gasteiger partial charge in [0.25, 0.3) is 0 Å². The van der Waals surface area contributed by atoms with Crippen molar-refractivity contribution in [1.29, 1.82) is 0 Å². The number of fused-ring (bicyclic) bond motifs is 1. The summed E-state index contributed by atoms with van der Waals surface area (Å²) in [5.74, 6) is 1.17. The van der Waals surface area contributed by atoms with E-state index in [1.54, 1.807) is 18.1 Å². The topological polar surface area (TPSA) is 76.1 Å². The molecule has 7 nitrogen and oxygen atoms in total. The molecule has 4 heterocycles. The number of nitrogens with zero attached hydrogens (tertiary/aromatic N) is 6. The van der Waals surface area contributed by atoms with Gasteiger partial charge in [-0.15, -0.1) is 0 Å². The van der Waals surface area contributed by atoms with Crippen molar-refractivity contribution in [3.63, 3.8) is 0 Å². The molecule has 0 radical (unpaired) electrons. The van der Waals surface area contributed by atoms with Gasteiger partial charge in [0.05, 0.1) is 11.3 Å². The Bertz CT molecular complexity index is 1560. The molecular formula is C30H29N7S. The summed E-state index contributed by atoms with van der Waals surface area (Å²) in [7, 11) is 0. The van der Waals surface area contributed by atoms with E-state index >= 15 is 0 Å². The highest BCUT2D eigenvalue weighted by Crippen LogP contribution is 2.32. The zero-order valence-corrected chi connectivity index (χ0v) is 21.9. The molecule has 1 aliphatic heterocycles. The normalized spacial score (nSPS) is 14.6. The minimum Gasteiger partial charge on any atom is -0.383 e. The van der Waals surface area contributed by atoms with Crippen LogP contribution >= 0.6 is 11.9 Å². The zero-order chi connectivity index (χ0) is 25.9. The Morgan fingerprint density at radius 2 is 1.66 bits per heavy atom. The van der Waals surface area contributed by atoms with Gasteiger partial charge in [-0.05, 0) is 47.4 Å². The van der Waals surface area contributed by atoms with Gasteiger partial charge >= 0.3 is 0 Å². The summed E-state index contributed by atoms with van der Waals surface area (Å²) < 4.78 is 4.45. The van der Waals surface area contributed by atoms with Gasteiger partial charge in [0.15, 0.2) is 11.5 Å². The molecule has 8 heteroatoms. The fraction of sp³-hybridized carbons (Fsp3) is 0.167. The van der Waals surface area contributed by atoms with Crippen LogP contribution in [0.2, 0.25) is 0 Å².